The number of carbonyl (C=O) groups excluding carboxylic acids is 1. The minimum atomic E-state index is -4.32. The van der Waals surface area contributed by atoms with Gasteiger partial charge >= 0.3 is 6.18 Å². The second kappa shape index (κ2) is 4.45. The van der Waals surface area contributed by atoms with Gasteiger partial charge in [-0.3, -0.25) is 9.69 Å². The van der Waals surface area contributed by atoms with Gasteiger partial charge in [-0.2, -0.15) is 13.2 Å². The van der Waals surface area contributed by atoms with E-state index in [0.717, 1.165) is 39.3 Å². The number of halogens is 3. The van der Waals surface area contributed by atoms with Crippen LogP contribution in [0.2, 0.25) is 0 Å². The summed E-state index contributed by atoms with van der Waals surface area (Å²) in [7, 11) is 0. The lowest BCUT2D eigenvalue weighted by atomic mass is 10.1. The number of nitrogens with zero attached hydrogens (tertiary/aromatic N) is 2. The molecule has 0 spiro atoms. The predicted molar refractivity (Wildman–Crippen MR) is 55.2 cm³/mol. The summed E-state index contributed by atoms with van der Waals surface area (Å²) in [6, 6.07) is 0. The van der Waals surface area contributed by atoms with Crippen molar-refractivity contribution in [3.05, 3.63) is 0 Å². The van der Waals surface area contributed by atoms with Crippen LogP contribution < -0.4 is 5.32 Å². The van der Waals surface area contributed by atoms with Gasteiger partial charge in [0.15, 0.2) is 6.54 Å². The lowest BCUT2D eigenvalue weighted by Crippen LogP contribution is -2.69. The number of alkyl halides is 3. The molecule has 17 heavy (non-hydrogen) atoms. The van der Waals surface area contributed by atoms with E-state index in [0.29, 0.717) is 4.48 Å². The Balaban J connectivity index is 1.81. The molecule has 0 aliphatic carbocycles. The number of hydrogen-bond acceptors (Lipinski definition) is 2. The summed E-state index contributed by atoms with van der Waals surface area (Å²) in [4.78, 5) is 13.8. The molecule has 0 aromatic carbocycles. The summed E-state index contributed by atoms with van der Waals surface area (Å²) in [5, 5.41) is 1.95. The molecule has 7 heteroatoms. The fourth-order valence-corrected chi connectivity index (χ4v) is 2.53. The van der Waals surface area contributed by atoms with Crippen LogP contribution in [0, 0.1) is 0 Å². The number of nitrogens with one attached hydrogen (secondary N) is 1. The number of rotatable bonds is 3. The maximum absolute atomic E-state index is 12.0. The highest BCUT2D eigenvalue weighted by Gasteiger charge is 2.40. The van der Waals surface area contributed by atoms with E-state index in [-0.39, 0.29) is 6.54 Å². The first-order valence-corrected chi connectivity index (χ1v) is 5.80. The van der Waals surface area contributed by atoms with Crippen LogP contribution in [0.15, 0.2) is 0 Å². The molecule has 0 aromatic heterocycles. The molecule has 0 saturated carbocycles. The molecule has 3 aliphatic rings. The second-order valence-corrected chi connectivity index (χ2v) is 4.90. The topological polar surface area (TPSA) is 32.3 Å². The molecule has 3 aliphatic heterocycles. The third-order valence-electron chi connectivity index (χ3n) is 3.64. The van der Waals surface area contributed by atoms with Gasteiger partial charge < -0.3 is 9.80 Å². The lowest BCUT2D eigenvalue weighted by molar-refractivity contribution is -0.933. The third kappa shape index (κ3) is 3.32. The molecule has 0 aromatic rings. The number of fused-ring (bicyclic) bond motifs is 3. The van der Waals surface area contributed by atoms with E-state index in [4.69, 9.17) is 0 Å². The van der Waals surface area contributed by atoms with E-state index in [1.807, 2.05) is 5.32 Å². The van der Waals surface area contributed by atoms with Crippen LogP contribution >= 0.6 is 0 Å². The minimum Gasteiger partial charge on any atom is -0.342 e. The number of quaternary nitrogens is 1. The van der Waals surface area contributed by atoms with Crippen LogP contribution in [0.4, 0.5) is 13.2 Å². The summed E-state index contributed by atoms with van der Waals surface area (Å²) in [5.74, 6) is -0.488. The van der Waals surface area contributed by atoms with Gasteiger partial charge in [0.05, 0.1) is 19.6 Å². The number of carbonyl (C=O) groups is 1. The van der Waals surface area contributed by atoms with Gasteiger partial charge in [-0.05, 0) is 0 Å². The van der Waals surface area contributed by atoms with E-state index in [1.165, 1.54) is 0 Å². The smallest absolute Gasteiger partial charge is 0.342 e. The van der Waals surface area contributed by atoms with Crippen molar-refractivity contribution in [2.45, 2.75) is 6.18 Å². The molecule has 1 amide bonds. The maximum Gasteiger partial charge on any atom is 0.405 e. The van der Waals surface area contributed by atoms with E-state index < -0.39 is 18.6 Å². The number of amides is 1. The van der Waals surface area contributed by atoms with E-state index in [1.54, 1.807) is 0 Å². The number of hydrogen-bond donors (Lipinski definition) is 1. The van der Waals surface area contributed by atoms with Gasteiger partial charge in [-0.15, -0.1) is 0 Å². The highest BCUT2D eigenvalue weighted by molar-refractivity contribution is 5.77. The molecular formula is C10H17F3N3O+. The van der Waals surface area contributed by atoms with Crippen molar-refractivity contribution in [3.63, 3.8) is 0 Å². The quantitative estimate of drug-likeness (QED) is 0.706. The van der Waals surface area contributed by atoms with Crippen LogP contribution in [0.5, 0.6) is 0 Å². The van der Waals surface area contributed by atoms with Gasteiger partial charge in [-0.1, -0.05) is 0 Å². The van der Waals surface area contributed by atoms with E-state index in [2.05, 4.69) is 4.90 Å². The summed E-state index contributed by atoms with van der Waals surface area (Å²) < 4.78 is 36.5. The Morgan fingerprint density at radius 3 is 2.18 bits per heavy atom. The standard InChI is InChI=1S/C10H16F3N3O/c11-10(12,13)8-14-9(17)7-16-4-1-15(2-5-16)3-6-16/h1-8H2/p+1. The van der Waals surface area contributed by atoms with Gasteiger partial charge in [0.2, 0.25) is 0 Å². The van der Waals surface area contributed by atoms with Crippen molar-refractivity contribution in [2.75, 3.05) is 52.4 Å². The Hall–Kier alpha value is -0.820. The Morgan fingerprint density at radius 2 is 1.71 bits per heavy atom. The summed E-state index contributed by atoms with van der Waals surface area (Å²) in [6.07, 6.45) is -4.32. The average molecular weight is 252 g/mol. The highest BCUT2D eigenvalue weighted by atomic mass is 19.4. The number of piperazine rings is 3. The van der Waals surface area contributed by atoms with Crippen LogP contribution in [0.3, 0.4) is 0 Å². The summed E-state index contributed by atoms with van der Waals surface area (Å²) >= 11 is 0. The maximum atomic E-state index is 12.0. The summed E-state index contributed by atoms with van der Waals surface area (Å²) in [5.41, 5.74) is 0. The van der Waals surface area contributed by atoms with Gasteiger partial charge in [-0.25, -0.2) is 0 Å². The fourth-order valence-electron chi connectivity index (χ4n) is 2.53. The third-order valence-corrected chi connectivity index (χ3v) is 3.64. The molecule has 3 rings (SSSR count). The van der Waals surface area contributed by atoms with Crippen LogP contribution in [-0.4, -0.2) is 73.8 Å². The molecule has 1 N–H and O–H groups in total. The molecule has 3 saturated heterocycles. The van der Waals surface area contributed by atoms with Crippen molar-refractivity contribution in [3.8, 4) is 0 Å². The Kier molecular flexibility index (Phi) is 3.31. The SMILES string of the molecule is O=C(C[N+]12CCN(CC1)CC2)NCC(F)(F)F. The Morgan fingerprint density at radius 1 is 1.18 bits per heavy atom. The van der Waals surface area contributed by atoms with Crippen molar-refractivity contribution < 1.29 is 22.4 Å². The highest BCUT2D eigenvalue weighted by Crippen LogP contribution is 2.19. The van der Waals surface area contributed by atoms with E-state index >= 15 is 0 Å². The van der Waals surface area contributed by atoms with Gasteiger partial charge in [0.1, 0.15) is 6.54 Å². The van der Waals surface area contributed by atoms with Crippen LogP contribution in [0.1, 0.15) is 0 Å². The molecule has 0 atom stereocenters. The zero-order valence-corrected chi connectivity index (χ0v) is 9.59. The van der Waals surface area contributed by atoms with Crippen molar-refractivity contribution in [1.82, 2.24) is 10.2 Å². The van der Waals surface area contributed by atoms with Crippen molar-refractivity contribution in [2.24, 2.45) is 0 Å². The van der Waals surface area contributed by atoms with Crippen molar-refractivity contribution >= 4 is 5.91 Å². The van der Waals surface area contributed by atoms with Gasteiger partial charge in [0.25, 0.3) is 5.91 Å². The first-order chi connectivity index (χ1) is 7.89. The van der Waals surface area contributed by atoms with E-state index in [9.17, 15) is 18.0 Å². The van der Waals surface area contributed by atoms with Crippen LogP contribution in [0.25, 0.3) is 0 Å². The second-order valence-electron chi connectivity index (χ2n) is 4.90. The molecule has 3 heterocycles. The van der Waals surface area contributed by atoms with Gasteiger partial charge in [0, 0.05) is 19.6 Å². The fraction of sp³-hybridized carbons (Fsp3) is 0.900. The average Bonchev–Trinajstić information content (AvgIpc) is 2.27. The molecule has 0 unspecified atom stereocenters. The zero-order valence-electron chi connectivity index (χ0n) is 9.59. The Labute approximate surface area is 97.9 Å². The summed E-state index contributed by atoms with van der Waals surface area (Å²) in [6.45, 7) is 4.44. The minimum absolute atomic E-state index is 0.184. The largest absolute Gasteiger partial charge is 0.405 e. The van der Waals surface area contributed by atoms with Crippen LogP contribution in [-0.2, 0) is 4.79 Å². The van der Waals surface area contributed by atoms with Crippen molar-refractivity contribution in [1.29, 1.82) is 0 Å². The first-order valence-electron chi connectivity index (χ1n) is 5.80. The predicted octanol–water partition coefficient (Wildman–Crippen LogP) is -0.189. The first kappa shape index (κ1) is 12.6. The zero-order chi connectivity index (χ0) is 12.5. The lowest BCUT2D eigenvalue weighted by Gasteiger charge is -2.50. The molecular weight excluding hydrogens is 235 g/mol. The Bertz CT molecular complexity index is 284. The molecule has 4 nitrogen and oxygen atoms in total. The molecule has 0 radical (unpaired) electrons. The molecule has 2 bridgehead atoms. The molecule has 98 valence electrons. The monoisotopic (exact) mass is 252 g/mol. The molecule has 3 fully saturated rings. The normalized spacial score (nSPS) is 32.5.